The van der Waals surface area contributed by atoms with Crippen LogP contribution in [0.3, 0.4) is 0 Å². The molecule has 0 aliphatic carbocycles. The first-order valence-corrected chi connectivity index (χ1v) is 11.0. The van der Waals surface area contributed by atoms with Gasteiger partial charge < -0.3 is 18.6 Å². The van der Waals surface area contributed by atoms with E-state index in [4.69, 9.17) is 9.15 Å². The molecule has 0 saturated carbocycles. The lowest BCUT2D eigenvalue weighted by atomic mass is 9.83. The molecule has 2 atom stereocenters. The van der Waals surface area contributed by atoms with Gasteiger partial charge in [-0.2, -0.15) is 0 Å². The number of carbonyl (C=O) groups excluding carboxylic acids is 1. The predicted molar refractivity (Wildman–Crippen MR) is 120 cm³/mol. The molecule has 1 fully saturated rings. The molecule has 0 spiro atoms. The molecule has 3 aromatic rings. The third-order valence-electron chi connectivity index (χ3n) is 6.92. The highest BCUT2D eigenvalue weighted by Gasteiger charge is 2.36. The van der Waals surface area contributed by atoms with Crippen molar-refractivity contribution in [3.05, 3.63) is 74.0 Å². The Balaban J connectivity index is 1.33. The number of amides is 1. The standard InChI is InChI=1S/C25H26N2O5/c1-15-19-7-6-18(31-2)11-22(19)32-25(30)20(15)8-9-23(28)26-12-16-10-17(14-26)21-4-3-5-24(29)27(21)13-16/h3-7,11,16-17H,8-10,12-14H2,1-2H3/t16-,17-/m0/s1. The van der Waals surface area contributed by atoms with E-state index < -0.39 is 5.63 Å². The molecule has 32 heavy (non-hydrogen) atoms. The van der Waals surface area contributed by atoms with Gasteiger partial charge in [-0.3, -0.25) is 9.59 Å². The fraction of sp³-hybridized carbons (Fsp3) is 0.400. The molecule has 2 aliphatic heterocycles. The van der Waals surface area contributed by atoms with Crippen LogP contribution in [-0.2, 0) is 17.8 Å². The Hall–Kier alpha value is -3.35. The maximum absolute atomic E-state index is 13.1. The third kappa shape index (κ3) is 3.51. The molecule has 4 heterocycles. The number of aromatic nitrogens is 1. The Morgan fingerprint density at radius 2 is 2.00 bits per heavy atom. The molecule has 0 unspecified atom stereocenters. The Kier molecular flexibility index (Phi) is 5.12. The van der Waals surface area contributed by atoms with Crippen LogP contribution in [0.1, 0.15) is 35.6 Å². The van der Waals surface area contributed by atoms with Crippen LogP contribution in [-0.4, -0.2) is 35.6 Å². The van der Waals surface area contributed by atoms with E-state index in [1.807, 2.05) is 34.6 Å². The molecule has 1 aromatic carbocycles. The maximum atomic E-state index is 13.1. The Labute approximate surface area is 185 Å². The summed E-state index contributed by atoms with van der Waals surface area (Å²) < 4.78 is 12.6. The van der Waals surface area contributed by atoms with E-state index in [0.717, 1.165) is 23.1 Å². The van der Waals surface area contributed by atoms with Crippen molar-refractivity contribution < 1.29 is 13.9 Å². The smallest absolute Gasteiger partial charge is 0.339 e. The van der Waals surface area contributed by atoms with Crippen LogP contribution in [0.2, 0.25) is 0 Å². The Morgan fingerprint density at radius 3 is 2.81 bits per heavy atom. The monoisotopic (exact) mass is 434 g/mol. The lowest BCUT2D eigenvalue weighted by Crippen LogP contribution is -2.49. The average molecular weight is 434 g/mol. The van der Waals surface area contributed by atoms with Crippen molar-refractivity contribution in [2.24, 2.45) is 5.92 Å². The highest BCUT2D eigenvalue weighted by atomic mass is 16.5. The van der Waals surface area contributed by atoms with Crippen LogP contribution < -0.4 is 15.9 Å². The molecular weight excluding hydrogens is 408 g/mol. The summed E-state index contributed by atoms with van der Waals surface area (Å²) in [5.41, 5.74) is 2.53. The number of fused-ring (bicyclic) bond motifs is 5. The molecule has 5 rings (SSSR count). The molecule has 2 aliphatic rings. The average Bonchev–Trinajstić information content (AvgIpc) is 2.79. The van der Waals surface area contributed by atoms with Gasteiger partial charge >= 0.3 is 5.63 Å². The van der Waals surface area contributed by atoms with E-state index in [0.29, 0.717) is 43.0 Å². The van der Waals surface area contributed by atoms with Gasteiger partial charge in [0.05, 0.1) is 7.11 Å². The summed E-state index contributed by atoms with van der Waals surface area (Å²) in [4.78, 5) is 39.8. The summed E-state index contributed by atoms with van der Waals surface area (Å²) in [5.74, 6) is 1.14. The SMILES string of the molecule is COc1ccc2c(C)c(CCC(=O)N3C[C@@H]4C[C@@H](C3)c3cccc(=O)n3C4)c(=O)oc2c1. The number of hydrogen-bond donors (Lipinski definition) is 0. The van der Waals surface area contributed by atoms with E-state index in [2.05, 4.69) is 0 Å². The minimum Gasteiger partial charge on any atom is -0.497 e. The zero-order valence-corrected chi connectivity index (χ0v) is 18.3. The molecule has 0 radical (unpaired) electrons. The molecule has 1 saturated heterocycles. The van der Waals surface area contributed by atoms with Crippen molar-refractivity contribution in [3.8, 4) is 5.75 Å². The lowest BCUT2D eigenvalue weighted by molar-refractivity contribution is -0.133. The van der Waals surface area contributed by atoms with Crippen molar-refractivity contribution in [2.45, 2.75) is 38.6 Å². The number of methoxy groups -OCH3 is 1. The molecule has 1 amide bonds. The number of ether oxygens (including phenoxy) is 1. The van der Waals surface area contributed by atoms with E-state index >= 15 is 0 Å². The summed E-state index contributed by atoms with van der Waals surface area (Å²) in [6, 6.07) is 10.8. The van der Waals surface area contributed by atoms with E-state index in [1.165, 1.54) is 0 Å². The van der Waals surface area contributed by atoms with Gasteiger partial charge in [0, 0.05) is 60.7 Å². The van der Waals surface area contributed by atoms with Gasteiger partial charge in [-0.05, 0) is 49.4 Å². The Bertz CT molecular complexity index is 1320. The first-order chi connectivity index (χ1) is 15.4. The summed E-state index contributed by atoms with van der Waals surface area (Å²) in [6.07, 6.45) is 1.61. The van der Waals surface area contributed by atoms with Crippen LogP contribution in [0, 0.1) is 12.8 Å². The molecule has 2 aromatic heterocycles. The second-order valence-corrected chi connectivity index (χ2v) is 8.85. The fourth-order valence-corrected chi connectivity index (χ4v) is 5.28. The zero-order chi connectivity index (χ0) is 22.4. The normalized spacial score (nSPS) is 19.6. The van der Waals surface area contributed by atoms with Gasteiger partial charge in [0.15, 0.2) is 0 Å². The van der Waals surface area contributed by atoms with E-state index in [9.17, 15) is 14.4 Å². The number of carbonyl (C=O) groups is 1. The van der Waals surface area contributed by atoms with Crippen LogP contribution in [0.15, 0.2) is 50.4 Å². The molecule has 7 heteroatoms. The van der Waals surface area contributed by atoms with Gasteiger partial charge in [0.1, 0.15) is 11.3 Å². The van der Waals surface area contributed by atoms with Gasteiger partial charge in [-0.15, -0.1) is 0 Å². The van der Waals surface area contributed by atoms with E-state index in [1.54, 1.807) is 25.3 Å². The number of pyridine rings is 1. The highest BCUT2D eigenvalue weighted by molar-refractivity contribution is 5.83. The number of piperidine rings is 1. The number of nitrogens with zero attached hydrogens (tertiary/aromatic N) is 2. The highest BCUT2D eigenvalue weighted by Crippen LogP contribution is 2.35. The van der Waals surface area contributed by atoms with Crippen LogP contribution in [0.5, 0.6) is 5.75 Å². The van der Waals surface area contributed by atoms with Gasteiger partial charge in [0.25, 0.3) is 5.56 Å². The number of hydrogen-bond acceptors (Lipinski definition) is 5. The maximum Gasteiger partial charge on any atom is 0.339 e. The number of likely N-dealkylation sites (tertiary alicyclic amines) is 1. The Morgan fingerprint density at radius 1 is 1.16 bits per heavy atom. The molecular formula is C25H26N2O5. The predicted octanol–water partition coefficient (Wildman–Crippen LogP) is 2.85. The van der Waals surface area contributed by atoms with Crippen LogP contribution >= 0.6 is 0 Å². The van der Waals surface area contributed by atoms with Crippen molar-refractivity contribution in [1.82, 2.24) is 9.47 Å². The summed E-state index contributed by atoms with van der Waals surface area (Å²) in [6.45, 7) is 3.82. The number of benzene rings is 1. The quantitative estimate of drug-likeness (QED) is 0.590. The lowest BCUT2D eigenvalue weighted by Gasteiger charge is -2.42. The van der Waals surface area contributed by atoms with E-state index in [-0.39, 0.29) is 29.7 Å². The first-order valence-electron chi connectivity index (χ1n) is 11.0. The van der Waals surface area contributed by atoms with Gasteiger partial charge in [-0.1, -0.05) is 6.07 Å². The molecule has 0 N–H and O–H groups in total. The molecule has 2 bridgehead atoms. The van der Waals surface area contributed by atoms with Crippen molar-refractivity contribution >= 4 is 16.9 Å². The summed E-state index contributed by atoms with van der Waals surface area (Å²) in [7, 11) is 1.57. The first kappa shape index (κ1) is 20.5. The minimum atomic E-state index is -0.403. The second kappa shape index (κ2) is 7.97. The molecule has 166 valence electrons. The van der Waals surface area contributed by atoms with Crippen molar-refractivity contribution in [1.29, 1.82) is 0 Å². The number of rotatable bonds is 4. The largest absolute Gasteiger partial charge is 0.497 e. The fourth-order valence-electron chi connectivity index (χ4n) is 5.28. The minimum absolute atomic E-state index is 0.0353. The van der Waals surface area contributed by atoms with Gasteiger partial charge in [-0.25, -0.2) is 4.79 Å². The van der Waals surface area contributed by atoms with Crippen LogP contribution in [0.25, 0.3) is 11.0 Å². The van der Waals surface area contributed by atoms with Gasteiger partial charge in [0.2, 0.25) is 5.91 Å². The third-order valence-corrected chi connectivity index (χ3v) is 6.92. The van der Waals surface area contributed by atoms with Crippen LogP contribution in [0.4, 0.5) is 0 Å². The second-order valence-electron chi connectivity index (χ2n) is 8.85. The zero-order valence-electron chi connectivity index (χ0n) is 18.3. The summed E-state index contributed by atoms with van der Waals surface area (Å²) in [5, 5.41) is 0.849. The topological polar surface area (TPSA) is 81.8 Å². The molecule has 7 nitrogen and oxygen atoms in total. The summed E-state index contributed by atoms with van der Waals surface area (Å²) >= 11 is 0. The number of aryl methyl sites for hydroxylation is 1. The van der Waals surface area contributed by atoms with Crippen molar-refractivity contribution in [3.63, 3.8) is 0 Å². The van der Waals surface area contributed by atoms with Crippen molar-refractivity contribution in [2.75, 3.05) is 20.2 Å².